The Morgan fingerprint density at radius 2 is 1.88 bits per heavy atom. The Labute approximate surface area is 155 Å². The van der Waals surface area contributed by atoms with E-state index in [-0.39, 0.29) is 32.9 Å². The maximum atomic E-state index is 12.0. The molecule has 1 N–H and O–H groups in total. The number of ether oxygens (including phenoxy) is 2. The molecule has 0 unspecified atom stereocenters. The van der Waals surface area contributed by atoms with Crippen molar-refractivity contribution < 1.29 is 27.5 Å². The molecule has 2 rings (SSSR count). The summed E-state index contributed by atoms with van der Waals surface area (Å²) in [6, 6.07) is 2.63. The molecule has 0 radical (unpaired) electrons. The van der Waals surface area contributed by atoms with Crippen molar-refractivity contribution >= 4 is 44.9 Å². The normalized spacial score (nSPS) is 21.6. The summed E-state index contributed by atoms with van der Waals surface area (Å²) in [5.74, 6) is -1.26. The topological polar surface area (TPSA) is 98.8 Å². The van der Waals surface area contributed by atoms with Crippen molar-refractivity contribution in [2.24, 2.45) is 0 Å². The van der Waals surface area contributed by atoms with Crippen molar-refractivity contribution in [2.45, 2.75) is 18.9 Å². The summed E-state index contributed by atoms with van der Waals surface area (Å²) in [5.41, 5.74) is -0.784. The summed E-state index contributed by atoms with van der Waals surface area (Å²) in [6.07, 6.45) is 0.318. The van der Waals surface area contributed by atoms with Crippen LogP contribution in [0.25, 0.3) is 0 Å². The van der Waals surface area contributed by atoms with Gasteiger partial charge in [-0.3, -0.25) is 4.79 Å². The molecule has 1 heterocycles. The summed E-state index contributed by atoms with van der Waals surface area (Å²) in [5, 5.41) is 2.86. The zero-order valence-electron chi connectivity index (χ0n) is 13.6. The first-order valence-corrected chi connectivity index (χ1v) is 9.84. The van der Waals surface area contributed by atoms with Crippen LogP contribution in [-0.4, -0.2) is 51.1 Å². The molecule has 0 bridgehead atoms. The van der Waals surface area contributed by atoms with Crippen LogP contribution in [0.3, 0.4) is 0 Å². The molecule has 25 heavy (non-hydrogen) atoms. The summed E-state index contributed by atoms with van der Waals surface area (Å²) < 4.78 is 32.9. The van der Waals surface area contributed by atoms with Gasteiger partial charge >= 0.3 is 5.97 Å². The molecule has 138 valence electrons. The molecule has 1 saturated heterocycles. The van der Waals surface area contributed by atoms with Gasteiger partial charge in [-0.15, -0.1) is 0 Å². The number of benzene rings is 1. The summed E-state index contributed by atoms with van der Waals surface area (Å²) in [4.78, 5) is 23.9. The van der Waals surface area contributed by atoms with Crippen LogP contribution in [0.15, 0.2) is 12.1 Å². The van der Waals surface area contributed by atoms with Gasteiger partial charge in [0.25, 0.3) is 5.91 Å². The third-order valence-corrected chi connectivity index (χ3v) is 6.18. The van der Waals surface area contributed by atoms with E-state index < -0.39 is 33.9 Å². The first-order valence-electron chi connectivity index (χ1n) is 7.27. The number of esters is 1. The molecule has 1 fully saturated rings. The van der Waals surface area contributed by atoms with Crippen LogP contribution in [0.4, 0.5) is 0 Å². The van der Waals surface area contributed by atoms with E-state index >= 15 is 0 Å². The molecule has 1 aromatic carbocycles. The average Bonchev–Trinajstić information content (AvgIpc) is 2.77. The van der Waals surface area contributed by atoms with E-state index in [0.717, 1.165) is 0 Å². The minimum atomic E-state index is -3.15. The number of halogens is 2. The number of carbonyl (C=O) groups is 2. The summed E-state index contributed by atoms with van der Waals surface area (Å²) >= 11 is 11.9. The van der Waals surface area contributed by atoms with Gasteiger partial charge in [-0.25, -0.2) is 13.2 Å². The van der Waals surface area contributed by atoms with Crippen LogP contribution < -0.4 is 10.1 Å². The molecule has 0 aliphatic carbocycles. The van der Waals surface area contributed by atoms with Gasteiger partial charge in [-0.05, 0) is 25.5 Å². The van der Waals surface area contributed by atoms with E-state index in [1.807, 2.05) is 0 Å². The highest BCUT2D eigenvalue weighted by atomic mass is 35.5. The zero-order valence-corrected chi connectivity index (χ0v) is 15.9. The molecule has 1 aromatic rings. The van der Waals surface area contributed by atoms with E-state index in [9.17, 15) is 18.0 Å². The minimum absolute atomic E-state index is 0.0203. The van der Waals surface area contributed by atoms with Crippen molar-refractivity contribution in [1.82, 2.24) is 5.32 Å². The Morgan fingerprint density at radius 1 is 1.28 bits per heavy atom. The second kappa shape index (κ2) is 7.39. The third-order valence-electron chi connectivity index (χ3n) is 3.72. The molecule has 1 atom stereocenters. The molecule has 0 saturated carbocycles. The zero-order chi connectivity index (χ0) is 18.8. The van der Waals surface area contributed by atoms with Crippen LogP contribution >= 0.6 is 23.2 Å². The molecule has 1 aliphatic heterocycles. The summed E-state index contributed by atoms with van der Waals surface area (Å²) in [6.45, 7) is 1.09. The van der Waals surface area contributed by atoms with E-state index in [1.54, 1.807) is 6.92 Å². The number of sulfone groups is 1. The SMILES string of the molecule is COc1c(Cl)cc(C(=O)OCC(=O)N[C@]2(C)CCS(=O)(=O)C2)cc1Cl. The molecule has 1 aliphatic rings. The van der Waals surface area contributed by atoms with Crippen LogP contribution in [0.2, 0.25) is 10.0 Å². The quantitative estimate of drug-likeness (QED) is 0.744. The third kappa shape index (κ3) is 4.99. The molecular formula is C15H17Cl2NO6S. The van der Waals surface area contributed by atoms with Crippen molar-refractivity contribution in [3.63, 3.8) is 0 Å². The number of carbonyl (C=O) groups excluding carboxylic acids is 2. The Balaban J connectivity index is 1.95. The Kier molecular flexibility index (Phi) is 5.86. The fourth-order valence-corrected chi connectivity index (χ4v) is 5.30. The van der Waals surface area contributed by atoms with E-state index in [1.165, 1.54) is 19.2 Å². The maximum absolute atomic E-state index is 12.0. The van der Waals surface area contributed by atoms with Gasteiger partial charge in [0, 0.05) is 0 Å². The van der Waals surface area contributed by atoms with Crippen molar-refractivity contribution in [3.05, 3.63) is 27.7 Å². The minimum Gasteiger partial charge on any atom is -0.494 e. The lowest BCUT2D eigenvalue weighted by Crippen LogP contribution is -2.48. The second-order valence-corrected chi connectivity index (χ2v) is 9.00. The van der Waals surface area contributed by atoms with Crippen molar-refractivity contribution in [2.75, 3.05) is 25.2 Å². The van der Waals surface area contributed by atoms with Crippen LogP contribution in [0.1, 0.15) is 23.7 Å². The summed E-state index contributed by atoms with van der Waals surface area (Å²) in [7, 11) is -1.77. The number of methoxy groups -OCH3 is 1. The van der Waals surface area contributed by atoms with Crippen molar-refractivity contribution in [3.8, 4) is 5.75 Å². The predicted molar refractivity (Wildman–Crippen MR) is 93.1 cm³/mol. The first kappa shape index (κ1) is 19.8. The fourth-order valence-electron chi connectivity index (χ4n) is 2.57. The largest absolute Gasteiger partial charge is 0.494 e. The lowest BCUT2D eigenvalue weighted by Gasteiger charge is -2.23. The highest BCUT2D eigenvalue weighted by Crippen LogP contribution is 2.34. The molecule has 1 amide bonds. The molecule has 7 nitrogen and oxygen atoms in total. The smallest absolute Gasteiger partial charge is 0.338 e. The van der Waals surface area contributed by atoms with Crippen molar-refractivity contribution in [1.29, 1.82) is 0 Å². The van der Waals surface area contributed by atoms with Gasteiger partial charge in [0.15, 0.2) is 22.2 Å². The lowest BCUT2D eigenvalue weighted by molar-refractivity contribution is -0.125. The Bertz CT molecular complexity index is 787. The van der Waals surface area contributed by atoms with Gasteiger partial charge in [0.1, 0.15) is 0 Å². The number of hydrogen-bond acceptors (Lipinski definition) is 6. The number of rotatable bonds is 5. The molecule has 10 heteroatoms. The average molecular weight is 410 g/mol. The van der Waals surface area contributed by atoms with Crippen LogP contribution in [0, 0.1) is 0 Å². The molecule has 0 aromatic heterocycles. The van der Waals surface area contributed by atoms with Gasteiger partial charge < -0.3 is 14.8 Å². The Hall–Kier alpha value is -1.51. The van der Waals surface area contributed by atoms with Gasteiger partial charge in [0.2, 0.25) is 0 Å². The highest BCUT2D eigenvalue weighted by molar-refractivity contribution is 7.91. The van der Waals surface area contributed by atoms with Gasteiger partial charge in [0.05, 0.1) is 39.8 Å². The van der Waals surface area contributed by atoms with E-state index in [2.05, 4.69) is 5.32 Å². The highest BCUT2D eigenvalue weighted by Gasteiger charge is 2.39. The first-order chi connectivity index (χ1) is 11.6. The van der Waals surface area contributed by atoms with Gasteiger partial charge in [-0.1, -0.05) is 23.2 Å². The molecular weight excluding hydrogens is 393 g/mol. The second-order valence-electron chi connectivity index (χ2n) is 6.00. The standard InChI is InChI=1S/C15H17Cl2NO6S/c1-15(3-4-25(21,22)8-15)18-12(19)7-24-14(20)9-5-10(16)13(23-2)11(17)6-9/h5-6H,3-4,7-8H2,1-2H3,(H,18,19)/t15-/m1/s1. The monoisotopic (exact) mass is 409 g/mol. The van der Waals surface area contributed by atoms with Gasteiger partial charge in [-0.2, -0.15) is 0 Å². The molecule has 0 spiro atoms. The number of nitrogens with one attached hydrogen (secondary N) is 1. The fraction of sp³-hybridized carbons (Fsp3) is 0.467. The van der Waals surface area contributed by atoms with Crippen LogP contribution in [-0.2, 0) is 19.4 Å². The lowest BCUT2D eigenvalue weighted by atomic mass is 10.0. The van der Waals surface area contributed by atoms with E-state index in [4.69, 9.17) is 32.7 Å². The number of hydrogen-bond donors (Lipinski definition) is 1. The predicted octanol–water partition coefficient (Wildman–Crippen LogP) is 1.85. The Morgan fingerprint density at radius 3 is 2.36 bits per heavy atom. The van der Waals surface area contributed by atoms with Crippen LogP contribution in [0.5, 0.6) is 5.75 Å². The van der Waals surface area contributed by atoms with E-state index in [0.29, 0.717) is 6.42 Å². The maximum Gasteiger partial charge on any atom is 0.338 e. The number of amides is 1.